The van der Waals surface area contributed by atoms with E-state index in [1.54, 1.807) is 9.58 Å². The zero-order valence-electron chi connectivity index (χ0n) is 12.6. The molecule has 1 aromatic rings. The summed E-state index contributed by atoms with van der Waals surface area (Å²) in [5.41, 5.74) is -0.365. The third-order valence-corrected chi connectivity index (χ3v) is 3.27. The van der Waals surface area contributed by atoms with Crippen molar-refractivity contribution in [3.05, 3.63) is 18.0 Å². The van der Waals surface area contributed by atoms with Crippen LogP contribution < -0.4 is 0 Å². The number of likely N-dealkylation sites (tertiary alicyclic amines) is 1. The lowest BCUT2D eigenvalue weighted by Crippen LogP contribution is -2.43. The van der Waals surface area contributed by atoms with Crippen LogP contribution in [0.3, 0.4) is 0 Å². The summed E-state index contributed by atoms with van der Waals surface area (Å²) >= 11 is 0. The summed E-state index contributed by atoms with van der Waals surface area (Å²) in [7, 11) is 0. The smallest absolute Gasteiger partial charge is 0.410 e. The van der Waals surface area contributed by atoms with Gasteiger partial charge in [0.15, 0.2) is 0 Å². The largest absolute Gasteiger partial charge is 0.478 e. The van der Waals surface area contributed by atoms with Crippen molar-refractivity contribution in [2.45, 2.75) is 45.3 Å². The van der Waals surface area contributed by atoms with Gasteiger partial charge in [-0.15, -0.1) is 0 Å². The molecular weight excluding hydrogens is 274 g/mol. The molecule has 2 rings (SSSR count). The van der Waals surface area contributed by atoms with Gasteiger partial charge in [-0.2, -0.15) is 5.10 Å². The number of carboxylic acids is 1. The van der Waals surface area contributed by atoms with E-state index in [1.165, 1.54) is 12.4 Å². The van der Waals surface area contributed by atoms with Crippen molar-refractivity contribution in [1.82, 2.24) is 14.7 Å². The van der Waals surface area contributed by atoms with Gasteiger partial charge in [0.1, 0.15) is 5.60 Å². The molecule has 0 radical (unpaired) electrons. The zero-order chi connectivity index (χ0) is 15.6. The van der Waals surface area contributed by atoms with Gasteiger partial charge >= 0.3 is 12.1 Å². The fraction of sp³-hybridized carbons (Fsp3) is 0.643. The second kappa shape index (κ2) is 5.75. The van der Waals surface area contributed by atoms with E-state index in [9.17, 15) is 9.59 Å². The number of amides is 1. The fourth-order valence-corrected chi connectivity index (χ4v) is 2.31. The summed E-state index contributed by atoms with van der Waals surface area (Å²) in [4.78, 5) is 24.6. The lowest BCUT2D eigenvalue weighted by atomic mass is 10.1. The van der Waals surface area contributed by atoms with Crippen LogP contribution in [-0.4, -0.2) is 50.5 Å². The van der Waals surface area contributed by atoms with Gasteiger partial charge in [-0.05, 0) is 33.6 Å². The van der Waals surface area contributed by atoms with E-state index in [0.717, 1.165) is 12.8 Å². The van der Waals surface area contributed by atoms with E-state index in [0.29, 0.717) is 13.1 Å². The highest BCUT2D eigenvalue weighted by atomic mass is 16.6. The molecule has 1 aliphatic heterocycles. The Morgan fingerprint density at radius 3 is 2.71 bits per heavy atom. The van der Waals surface area contributed by atoms with E-state index < -0.39 is 11.6 Å². The molecule has 2 heterocycles. The minimum absolute atomic E-state index is 0.0145. The third-order valence-electron chi connectivity index (χ3n) is 3.27. The minimum Gasteiger partial charge on any atom is -0.478 e. The third kappa shape index (κ3) is 3.96. The van der Waals surface area contributed by atoms with Gasteiger partial charge in [0.25, 0.3) is 0 Å². The predicted molar refractivity (Wildman–Crippen MR) is 75.3 cm³/mol. The Bertz CT molecular complexity index is 533. The molecule has 7 heteroatoms. The maximum atomic E-state index is 12.1. The highest BCUT2D eigenvalue weighted by Crippen LogP contribution is 2.23. The standard InChI is InChI=1S/C14H21N3O4/c1-14(2,3)21-13(20)16-6-4-5-11(9-16)17-8-10(7-15-17)12(18)19/h7-8,11H,4-6,9H2,1-3H3,(H,18,19)/t11-/m1/s1. The van der Waals surface area contributed by atoms with Crippen molar-refractivity contribution in [2.75, 3.05) is 13.1 Å². The average molecular weight is 295 g/mol. The quantitative estimate of drug-likeness (QED) is 0.903. The van der Waals surface area contributed by atoms with Gasteiger partial charge in [-0.1, -0.05) is 0 Å². The van der Waals surface area contributed by atoms with Crippen molar-refractivity contribution >= 4 is 12.1 Å². The normalized spacial score (nSPS) is 19.4. The minimum atomic E-state index is -0.999. The molecule has 7 nitrogen and oxygen atoms in total. The van der Waals surface area contributed by atoms with Crippen molar-refractivity contribution in [1.29, 1.82) is 0 Å². The van der Waals surface area contributed by atoms with E-state index >= 15 is 0 Å². The molecule has 0 unspecified atom stereocenters. The summed E-state index contributed by atoms with van der Waals surface area (Å²) in [5, 5.41) is 13.0. The Balaban J connectivity index is 2.03. The van der Waals surface area contributed by atoms with Gasteiger partial charge in [-0.25, -0.2) is 9.59 Å². The molecule has 0 bridgehead atoms. The number of carbonyl (C=O) groups excluding carboxylic acids is 1. The van der Waals surface area contributed by atoms with Crippen LogP contribution in [0.1, 0.15) is 50.0 Å². The van der Waals surface area contributed by atoms with Gasteiger partial charge in [0.05, 0.1) is 17.8 Å². The highest BCUT2D eigenvalue weighted by molar-refractivity contribution is 5.86. The first-order valence-electron chi connectivity index (χ1n) is 7.01. The molecule has 0 aliphatic carbocycles. The molecule has 21 heavy (non-hydrogen) atoms. The summed E-state index contributed by atoms with van der Waals surface area (Å²) in [6.45, 7) is 6.63. The van der Waals surface area contributed by atoms with Crippen LogP contribution in [0, 0.1) is 0 Å². The summed E-state index contributed by atoms with van der Waals surface area (Å²) in [5.74, 6) is -0.999. The molecule has 0 aromatic carbocycles. The molecule has 1 aromatic heterocycles. The Hall–Kier alpha value is -2.05. The number of aromatic carboxylic acids is 1. The Morgan fingerprint density at radius 2 is 2.14 bits per heavy atom. The molecular formula is C14H21N3O4. The molecule has 1 atom stereocenters. The van der Waals surface area contributed by atoms with Gasteiger partial charge in [-0.3, -0.25) is 4.68 Å². The summed E-state index contributed by atoms with van der Waals surface area (Å²) < 4.78 is 6.99. The number of carbonyl (C=O) groups is 2. The number of rotatable bonds is 2. The maximum Gasteiger partial charge on any atom is 0.410 e. The first-order chi connectivity index (χ1) is 9.76. The van der Waals surface area contributed by atoms with Gasteiger partial charge in [0, 0.05) is 19.3 Å². The molecule has 1 amide bonds. The maximum absolute atomic E-state index is 12.1. The molecule has 1 fully saturated rings. The van der Waals surface area contributed by atoms with Crippen molar-refractivity contribution in [2.24, 2.45) is 0 Å². The number of hydrogen-bond donors (Lipinski definition) is 1. The predicted octanol–water partition coefficient (Wildman–Crippen LogP) is 2.15. The van der Waals surface area contributed by atoms with E-state index in [1.807, 2.05) is 20.8 Å². The van der Waals surface area contributed by atoms with Crippen LogP contribution in [-0.2, 0) is 4.74 Å². The number of carboxylic acid groups (broad SMARTS) is 1. The number of hydrogen-bond acceptors (Lipinski definition) is 4. The zero-order valence-corrected chi connectivity index (χ0v) is 12.6. The first-order valence-corrected chi connectivity index (χ1v) is 7.01. The van der Waals surface area contributed by atoms with Crippen LogP contribution in [0.5, 0.6) is 0 Å². The monoisotopic (exact) mass is 295 g/mol. The van der Waals surface area contributed by atoms with Crippen LogP contribution >= 0.6 is 0 Å². The highest BCUT2D eigenvalue weighted by Gasteiger charge is 2.28. The lowest BCUT2D eigenvalue weighted by Gasteiger charge is -2.34. The number of ether oxygens (including phenoxy) is 1. The second-order valence-corrected chi connectivity index (χ2v) is 6.24. The number of nitrogens with zero attached hydrogens (tertiary/aromatic N) is 3. The molecule has 0 spiro atoms. The number of piperidine rings is 1. The van der Waals surface area contributed by atoms with Gasteiger partial charge < -0.3 is 14.7 Å². The molecule has 0 saturated carbocycles. The topological polar surface area (TPSA) is 84.7 Å². The van der Waals surface area contributed by atoms with Gasteiger partial charge in [0.2, 0.25) is 0 Å². The van der Waals surface area contributed by atoms with E-state index in [-0.39, 0.29) is 17.7 Å². The average Bonchev–Trinajstić information content (AvgIpc) is 2.86. The lowest BCUT2D eigenvalue weighted by molar-refractivity contribution is 0.0167. The van der Waals surface area contributed by atoms with Crippen LogP contribution in [0.4, 0.5) is 4.79 Å². The molecule has 116 valence electrons. The van der Waals surface area contributed by atoms with E-state index in [2.05, 4.69) is 5.10 Å². The Kier molecular flexibility index (Phi) is 4.20. The van der Waals surface area contributed by atoms with Crippen molar-refractivity contribution in [3.8, 4) is 0 Å². The van der Waals surface area contributed by atoms with Crippen LogP contribution in [0.25, 0.3) is 0 Å². The second-order valence-electron chi connectivity index (χ2n) is 6.24. The molecule has 1 N–H and O–H groups in total. The van der Waals surface area contributed by atoms with Crippen molar-refractivity contribution < 1.29 is 19.4 Å². The molecule has 1 aliphatic rings. The number of aromatic nitrogens is 2. The molecule has 1 saturated heterocycles. The van der Waals surface area contributed by atoms with Crippen molar-refractivity contribution in [3.63, 3.8) is 0 Å². The first kappa shape index (κ1) is 15.3. The summed E-state index contributed by atoms with van der Waals surface area (Å²) in [6.07, 6.45) is 4.20. The Morgan fingerprint density at radius 1 is 1.43 bits per heavy atom. The Labute approximate surface area is 123 Å². The van der Waals surface area contributed by atoms with Crippen LogP contribution in [0.15, 0.2) is 12.4 Å². The SMILES string of the molecule is CC(C)(C)OC(=O)N1CCC[C@@H](n2cc(C(=O)O)cn2)C1. The van der Waals surface area contributed by atoms with E-state index in [4.69, 9.17) is 9.84 Å². The van der Waals surface area contributed by atoms with Crippen LogP contribution in [0.2, 0.25) is 0 Å². The fourth-order valence-electron chi connectivity index (χ4n) is 2.31. The summed E-state index contributed by atoms with van der Waals surface area (Å²) in [6, 6.07) is -0.0145.